The lowest BCUT2D eigenvalue weighted by Gasteiger charge is -2.10. The van der Waals surface area contributed by atoms with Gasteiger partial charge in [-0.3, -0.25) is 0 Å². The molecule has 0 atom stereocenters. The van der Waals surface area contributed by atoms with Crippen molar-refractivity contribution >= 4 is 9.84 Å². The van der Waals surface area contributed by atoms with Gasteiger partial charge in [0.2, 0.25) is 0 Å². The highest BCUT2D eigenvalue weighted by atomic mass is 32.2. The summed E-state index contributed by atoms with van der Waals surface area (Å²) in [5, 5.41) is 0. The molecule has 17 heavy (non-hydrogen) atoms. The highest BCUT2D eigenvalue weighted by Gasteiger charge is 2.17. The molecule has 1 aromatic rings. The summed E-state index contributed by atoms with van der Waals surface area (Å²) in [6.45, 7) is 7.76. The molecule has 0 saturated carbocycles. The molecule has 95 valence electrons. The first-order chi connectivity index (χ1) is 8.05. The van der Waals surface area contributed by atoms with Gasteiger partial charge >= 0.3 is 0 Å². The van der Waals surface area contributed by atoms with Gasteiger partial charge < -0.3 is 0 Å². The molecule has 1 rings (SSSR count). The molecule has 0 unspecified atom stereocenters. The van der Waals surface area contributed by atoms with Crippen LogP contribution in [-0.2, 0) is 22.7 Å². The van der Waals surface area contributed by atoms with Crippen molar-refractivity contribution in [3.63, 3.8) is 0 Å². The Hall–Kier alpha value is -0.830. The van der Waals surface area contributed by atoms with Gasteiger partial charge in [0, 0.05) is 0 Å². The van der Waals surface area contributed by atoms with Crippen molar-refractivity contribution in [3.05, 3.63) is 36.2 Å². The first-order valence-electron chi connectivity index (χ1n) is 6.19. The number of hydrogen-bond donors (Lipinski definition) is 0. The topological polar surface area (TPSA) is 34.1 Å². The molecule has 1 aromatic carbocycles. The molecule has 0 N–H and O–H groups in total. The molecule has 3 heteroatoms. The second kappa shape index (κ2) is 6.20. The summed E-state index contributed by atoms with van der Waals surface area (Å²) in [7, 11) is -3.13. The minimum atomic E-state index is -3.13. The molecule has 0 fully saturated rings. The largest absolute Gasteiger partial charge is 0.224 e. The summed E-state index contributed by atoms with van der Waals surface area (Å²) >= 11 is 0. The maximum atomic E-state index is 12.1. The lowest BCUT2D eigenvalue weighted by molar-refractivity contribution is 0.592. The fourth-order valence-electron chi connectivity index (χ4n) is 1.83. The van der Waals surface area contributed by atoms with Crippen LogP contribution in [0.3, 0.4) is 0 Å². The molecule has 0 aromatic heterocycles. The average molecular weight is 253 g/mol. The molecule has 0 aliphatic heterocycles. The Morgan fingerprint density at radius 1 is 1.18 bits per heavy atom. The SMILES string of the molecule is [CH2]CCCS(=O)(=O)c1ccc(CC)cc1CC. The van der Waals surface area contributed by atoms with E-state index in [0.29, 0.717) is 17.7 Å². The maximum Gasteiger partial charge on any atom is 0.178 e. The first kappa shape index (κ1) is 14.2. The molecule has 0 spiro atoms. The Kier molecular flexibility index (Phi) is 5.19. The first-order valence-corrected chi connectivity index (χ1v) is 7.84. The van der Waals surface area contributed by atoms with Crippen LogP contribution in [0.4, 0.5) is 0 Å². The Morgan fingerprint density at radius 2 is 1.88 bits per heavy atom. The van der Waals surface area contributed by atoms with Gasteiger partial charge in [0.1, 0.15) is 0 Å². The van der Waals surface area contributed by atoms with E-state index in [2.05, 4.69) is 13.8 Å². The van der Waals surface area contributed by atoms with Gasteiger partial charge in [-0.15, -0.1) is 0 Å². The van der Waals surface area contributed by atoms with Crippen LogP contribution in [0.5, 0.6) is 0 Å². The van der Waals surface area contributed by atoms with Gasteiger partial charge in [0.05, 0.1) is 10.6 Å². The monoisotopic (exact) mass is 253 g/mol. The number of sulfone groups is 1. The van der Waals surface area contributed by atoms with Crippen LogP contribution in [0.2, 0.25) is 0 Å². The molecule has 1 radical (unpaired) electrons. The fourth-order valence-corrected chi connectivity index (χ4v) is 3.52. The minimum absolute atomic E-state index is 0.203. The quantitative estimate of drug-likeness (QED) is 0.780. The zero-order valence-corrected chi connectivity index (χ0v) is 11.5. The number of unbranched alkanes of at least 4 members (excludes halogenated alkanes) is 1. The second-order valence-corrected chi connectivity index (χ2v) is 6.25. The maximum absolute atomic E-state index is 12.1. The Labute approximate surface area is 105 Å². The Bertz CT molecular complexity index is 461. The van der Waals surface area contributed by atoms with Gasteiger partial charge in [-0.1, -0.05) is 39.3 Å². The summed E-state index contributed by atoms with van der Waals surface area (Å²) < 4.78 is 24.3. The predicted molar refractivity (Wildman–Crippen MR) is 71.8 cm³/mol. The summed E-state index contributed by atoms with van der Waals surface area (Å²) in [6, 6.07) is 5.68. The van der Waals surface area contributed by atoms with Crippen LogP contribution in [0.15, 0.2) is 23.1 Å². The second-order valence-electron chi connectivity index (χ2n) is 4.18. The van der Waals surface area contributed by atoms with E-state index in [4.69, 9.17) is 0 Å². The zero-order chi connectivity index (χ0) is 12.9. The third-order valence-electron chi connectivity index (χ3n) is 2.91. The van der Waals surface area contributed by atoms with Crippen molar-refractivity contribution in [1.82, 2.24) is 0 Å². The highest BCUT2D eigenvalue weighted by Crippen LogP contribution is 2.21. The van der Waals surface area contributed by atoms with Crippen molar-refractivity contribution in [2.24, 2.45) is 0 Å². The zero-order valence-electron chi connectivity index (χ0n) is 10.7. The van der Waals surface area contributed by atoms with E-state index >= 15 is 0 Å². The van der Waals surface area contributed by atoms with Gasteiger partial charge in [-0.05, 0) is 36.5 Å². The fraction of sp³-hybridized carbons (Fsp3) is 0.500. The summed E-state index contributed by atoms with van der Waals surface area (Å²) in [4.78, 5) is 0.505. The molecule has 0 saturated heterocycles. The molecule has 0 aliphatic carbocycles. The van der Waals surface area contributed by atoms with Crippen LogP contribution < -0.4 is 0 Å². The van der Waals surface area contributed by atoms with E-state index in [1.807, 2.05) is 19.1 Å². The Morgan fingerprint density at radius 3 is 2.41 bits per heavy atom. The molecular formula is C14H21O2S. The van der Waals surface area contributed by atoms with Crippen LogP contribution in [0, 0.1) is 6.92 Å². The third-order valence-corrected chi connectivity index (χ3v) is 4.81. The summed E-state index contributed by atoms with van der Waals surface area (Å²) in [5.74, 6) is 0.203. The lowest BCUT2D eigenvalue weighted by Crippen LogP contribution is -2.09. The lowest BCUT2D eigenvalue weighted by atomic mass is 10.1. The van der Waals surface area contributed by atoms with Gasteiger partial charge in [-0.25, -0.2) is 8.42 Å². The van der Waals surface area contributed by atoms with Crippen molar-refractivity contribution in [2.75, 3.05) is 5.75 Å². The molecule has 0 bridgehead atoms. The minimum Gasteiger partial charge on any atom is -0.224 e. The van der Waals surface area contributed by atoms with E-state index in [9.17, 15) is 8.42 Å². The van der Waals surface area contributed by atoms with Crippen LogP contribution >= 0.6 is 0 Å². The van der Waals surface area contributed by atoms with E-state index in [0.717, 1.165) is 18.4 Å². The van der Waals surface area contributed by atoms with E-state index < -0.39 is 9.84 Å². The highest BCUT2D eigenvalue weighted by molar-refractivity contribution is 7.91. The standard InChI is InChI=1S/C14H21O2S/c1-4-7-10-17(15,16)14-9-8-12(5-2)11-13(14)6-3/h8-9,11H,1,4-7,10H2,2-3H3. The molecule has 0 aliphatic rings. The van der Waals surface area contributed by atoms with Crippen molar-refractivity contribution in [3.8, 4) is 0 Å². The van der Waals surface area contributed by atoms with Crippen LogP contribution in [-0.4, -0.2) is 14.2 Å². The Balaban J connectivity index is 3.12. The summed E-state index contributed by atoms with van der Waals surface area (Å²) in [6.07, 6.45) is 2.98. The van der Waals surface area contributed by atoms with Crippen molar-refractivity contribution in [1.29, 1.82) is 0 Å². The molecule has 0 amide bonds. The number of aryl methyl sites for hydroxylation is 2. The van der Waals surface area contributed by atoms with Crippen molar-refractivity contribution < 1.29 is 8.42 Å². The molecular weight excluding hydrogens is 232 g/mol. The van der Waals surface area contributed by atoms with E-state index in [1.165, 1.54) is 5.56 Å². The smallest absolute Gasteiger partial charge is 0.178 e. The number of benzene rings is 1. The molecule has 2 nitrogen and oxygen atoms in total. The predicted octanol–water partition coefficient (Wildman–Crippen LogP) is 3.20. The molecule has 0 heterocycles. The van der Waals surface area contributed by atoms with Gasteiger partial charge in [-0.2, -0.15) is 0 Å². The number of hydrogen-bond acceptors (Lipinski definition) is 2. The average Bonchev–Trinajstić information content (AvgIpc) is 2.35. The van der Waals surface area contributed by atoms with E-state index in [1.54, 1.807) is 6.07 Å². The van der Waals surface area contributed by atoms with Gasteiger partial charge in [0.25, 0.3) is 0 Å². The normalized spacial score (nSPS) is 11.7. The van der Waals surface area contributed by atoms with Crippen LogP contribution in [0.1, 0.15) is 37.8 Å². The number of rotatable bonds is 6. The van der Waals surface area contributed by atoms with Gasteiger partial charge in [0.15, 0.2) is 9.84 Å². The van der Waals surface area contributed by atoms with E-state index in [-0.39, 0.29) is 5.75 Å². The summed E-state index contributed by atoms with van der Waals surface area (Å²) in [5.41, 5.74) is 2.13. The van der Waals surface area contributed by atoms with Crippen LogP contribution in [0.25, 0.3) is 0 Å². The van der Waals surface area contributed by atoms with Crippen molar-refractivity contribution in [2.45, 2.75) is 44.4 Å². The third kappa shape index (κ3) is 3.56.